The Kier molecular flexibility index (Phi) is 3.23. The van der Waals surface area contributed by atoms with Gasteiger partial charge in [0.25, 0.3) is 5.78 Å². The summed E-state index contributed by atoms with van der Waals surface area (Å²) in [7, 11) is 2.03. The lowest BCUT2D eigenvalue weighted by atomic mass is 10.2. The van der Waals surface area contributed by atoms with Crippen molar-refractivity contribution in [3.8, 4) is 0 Å². The third kappa shape index (κ3) is 2.36. The highest BCUT2D eigenvalue weighted by molar-refractivity contribution is 5.46. The van der Waals surface area contributed by atoms with Gasteiger partial charge < -0.3 is 10.6 Å². The smallest absolute Gasteiger partial charge is 0.254 e. The molecule has 0 aliphatic carbocycles. The molecule has 17 heavy (non-hydrogen) atoms. The number of hydrogen-bond donors (Lipinski definition) is 1. The molecule has 0 aromatic carbocycles. The Morgan fingerprint density at radius 3 is 3.00 bits per heavy atom. The summed E-state index contributed by atoms with van der Waals surface area (Å²) in [6.45, 7) is 5.64. The summed E-state index contributed by atoms with van der Waals surface area (Å²) in [5.41, 5.74) is 6.58. The molecule has 6 nitrogen and oxygen atoms in total. The lowest BCUT2D eigenvalue weighted by Crippen LogP contribution is -2.29. The van der Waals surface area contributed by atoms with Crippen LogP contribution in [0.5, 0.6) is 0 Å². The molecule has 2 aromatic rings. The molecule has 0 bridgehead atoms. The Morgan fingerprint density at radius 2 is 2.29 bits per heavy atom. The molecule has 0 amide bonds. The molecule has 0 aliphatic rings. The zero-order chi connectivity index (χ0) is 12.4. The lowest BCUT2D eigenvalue weighted by molar-refractivity contribution is 0.584. The molecule has 0 spiro atoms. The van der Waals surface area contributed by atoms with Gasteiger partial charge in [0.1, 0.15) is 12.1 Å². The molecule has 0 aliphatic heterocycles. The van der Waals surface area contributed by atoms with Crippen LogP contribution in [0.15, 0.2) is 12.4 Å². The number of rotatable bonds is 4. The van der Waals surface area contributed by atoms with Gasteiger partial charge >= 0.3 is 0 Å². The molecule has 6 heteroatoms. The molecule has 0 radical (unpaired) electrons. The molecule has 0 saturated carbocycles. The van der Waals surface area contributed by atoms with E-state index in [1.165, 1.54) is 6.33 Å². The number of nitrogens with zero attached hydrogens (tertiary/aromatic N) is 5. The van der Waals surface area contributed by atoms with Gasteiger partial charge in [-0.3, -0.25) is 0 Å². The van der Waals surface area contributed by atoms with Crippen LogP contribution in [0, 0.1) is 12.8 Å². The molecule has 2 aromatic heterocycles. The molecule has 0 fully saturated rings. The Labute approximate surface area is 100 Å². The van der Waals surface area contributed by atoms with E-state index < -0.39 is 0 Å². The van der Waals surface area contributed by atoms with E-state index in [0.717, 1.165) is 18.1 Å². The highest BCUT2D eigenvalue weighted by atomic mass is 15.4. The Hall–Kier alpha value is -1.69. The van der Waals surface area contributed by atoms with E-state index in [1.54, 1.807) is 4.52 Å². The molecule has 92 valence electrons. The molecule has 2 heterocycles. The molecular weight excluding hydrogens is 216 g/mol. The van der Waals surface area contributed by atoms with E-state index in [9.17, 15) is 0 Å². The maximum atomic E-state index is 5.65. The summed E-state index contributed by atoms with van der Waals surface area (Å²) in [6, 6.07) is 2.00. The zero-order valence-corrected chi connectivity index (χ0v) is 10.5. The average Bonchev–Trinajstić information content (AvgIpc) is 2.75. The summed E-state index contributed by atoms with van der Waals surface area (Å²) >= 11 is 0. The lowest BCUT2D eigenvalue weighted by Gasteiger charge is -2.23. The van der Waals surface area contributed by atoms with E-state index in [2.05, 4.69) is 26.9 Å². The van der Waals surface area contributed by atoms with Crippen LogP contribution in [0.3, 0.4) is 0 Å². The fourth-order valence-electron chi connectivity index (χ4n) is 1.82. The second-order valence-corrected chi connectivity index (χ2v) is 4.45. The van der Waals surface area contributed by atoms with Crippen LogP contribution < -0.4 is 10.6 Å². The SMILES string of the molecule is Cc1cc(N(C)CC(C)CN)n2ncnc2n1. The fourth-order valence-corrected chi connectivity index (χ4v) is 1.82. The van der Waals surface area contributed by atoms with Gasteiger partial charge in [-0.15, -0.1) is 0 Å². The monoisotopic (exact) mass is 234 g/mol. The number of hydrogen-bond acceptors (Lipinski definition) is 5. The van der Waals surface area contributed by atoms with E-state index in [0.29, 0.717) is 18.2 Å². The Balaban J connectivity index is 2.36. The van der Waals surface area contributed by atoms with Crippen molar-refractivity contribution in [3.63, 3.8) is 0 Å². The normalized spacial score (nSPS) is 12.9. The second-order valence-electron chi connectivity index (χ2n) is 4.45. The van der Waals surface area contributed by atoms with Crippen LogP contribution in [0.4, 0.5) is 5.82 Å². The largest absolute Gasteiger partial charge is 0.359 e. The quantitative estimate of drug-likeness (QED) is 0.832. The number of aromatic nitrogens is 4. The van der Waals surface area contributed by atoms with Crippen molar-refractivity contribution >= 4 is 11.6 Å². The van der Waals surface area contributed by atoms with Crippen molar-refractivity contribution in [3.05, 3.63) is 18.1 Å². The first kappa shape index (κ1) is 11.8. The third-order valence-corrected chi connectivity index (χ3v) is 2.74. The maximum absolute atomic E-state index is 5.65. The van der Waals surface area contributed by atoms with Crippen molar-refractivity contribution in [1.29, 1.82) is 0 Å². The first-order chi connectivity index (χ1) is 8.11. The van der Waals surface area contributed by atoms with Crippen molar-refractivity contribution in [2.75, 3.05) is 25.0 Å². The highest BCUT2D eigenvalue weighted by Gasteiger charge is 2.11. The topological polar surface area (TPSA) is 72.3 Å². The Bertz CT molecular complexity index is 506. The van der Waals surface area contributed by atoms with Gasteiger partial charge in [0.05, 0.1) is 0 Å². The first-order valence-corrected chi connectivity index (χ1v) is 5.70. The van der Waals surface area contributed by atoms with Gasteiger partial charge in [-0.05, 0) is 19.4 Å². The van der Waals surface area contributed by atoms with Crippen molar-refractivity contribution < 1.29 is 0 Å². The predicted molar refractivity (Wildman–Crippen MR) is 67.0 cm³/mol. The number of nitrogens with two attached hydrogens (primary N) is 1. The number of fused-ring (bicyclic) bond motifs is 1. The predicted octanol–water partition coefficient (Wildman–Crippen LogP) is 0.464. The zero-order valence-electron chi connectivity index (χ0n) is 10.5. The Morgan fingerprint density at radius 1 is 1.53 bits per heavy atom. The standard InChI is InChI=1S/C11H18N6/c1-8(5-12)6-16(3)10-4-9(2)15-11-13-7-14-17(10)11/h4,7-8H,5-6,12H2,1-3H3. The average molecular weight is 234 g/mol. The van der Waals surface area contributed by atoms with Gasteiger partial charge in [-0.2, -0.15) is 14.6 Å². The summed E-state index contributed by atoms with van der Waals surface area (Å²) < 4.78 is 1.75. The van der Waals surface area contributed by atoms with Gasteiger partial charge in [0.15, 0.2) is 0 Å². The second kappa shape index (κ2) is 4.67. The van der Waals surface area contributed by atoms with Gasteiger partial charge in [0.2, 0.25) is 0 Å². The highest BCUT2D eigenvalue weighted by Crippen LogP contribution is 2.15. The molecule has 0 saturated heterocycles. The van der Waals surface area contributed by atoms with Crippen molar-refractivity contribution in [1.82, 2.24) is 19.6 Å². The van der Waals surface area contributed by atoms with Gasteiger partial charge in [-0.25, -0.2) is 4.98 Å². The first-order valence-electron chi connectivity index (χ1n) is 5.70. The molecule has 2 N–H and O–H groups in total. The summed E-state index contributed by atoms with van der Waals surface area (Å²) in [5.74, 6) is 2.06. The van der Waals surface area contributed by atoms with Crippen molar-refractivity contribution in [2.45, 2.75) is 13.8 Å². The minimum absolute atomic E-state index is 0.437. The van der Waals surface area contributed by atoms with E-state index in [-0.39, 0.29) is 0 Å². The van der Waals surface area contributed by atoms with E-state index >= 15 is 0 Å². The minimum atomic E-state index is 0.437. The molecule has 1 unspecified atom stereocenters. The van der Waals surface area contributed by atoms with Crippen LogP contribution in [0.1, 0.15) is 12.6 Å². The molecule has 1 atom stereocenters. The molecular formula is C11H18N6. The van der Waals surface area contributed by atoms with Gasteiger partial charge in [-0.1, -0.05) is 6.92 Å². The summed E-state index contributed by atoms with van der Waals surface area (Å²) in [6.07, 6.45) is 1.52. The van der Waals surface area contributed by atoms with Crippen LogP contribution in [-0.2, 0) is 0 Å². The maximum Gasteiger partial charge on any atom is 0.254 e. The van der Waals surface area contributed by atoms with Crippen LogP contribution in [0.25, 0.3) is 5.78 Å². The number of aryl methyl sites for hydroxylation is 1. The fraction of sp³-hybridized carbons (Fsp3) is 0.545. The summed E-state index contributed by atoms with van der Waals surface area (Å²) in [4.78, 5) is 10.6. The van der Waals surface area contributed by atoms with Crippen LogP contribution >= 0.6 is 0 Å². The van der Waals surface area contributed by atoms with E-state index in [4.69, 9.17) is 5.73 Å². The van der Waals surface area contributed by atoms with Crippen LogP contribution in [0.2, 0.25) is 0 Å². The summed E-state index contributed by atoms with van der Waals surface area (Å²) in [5, 5.41) is 4.18. The van der Waals surface area contributed by atoms with E-state index in [1.807, 2.05) is 20.0 Å². The minimum Gasteiger partial charge on any atom is -0.359 e. The number of anilines is 1. The molecule has 2 rings (SSSR count). The van der Waals surface area contributed by atoms with Crippen molar-refractivity contribution in [2.24, 2.45) is 11.7 Å². The third-order valence-electron chi connectivity index (χ3n) is 2.74. The van der Waals surface area contributed by atoms with Gasteiger partial charge in [0, 0.05) is 25.4 Å². The van der Waals surface area contributed by atoms with Crippen LogP contribution in [-0.4, -0.2) is 39.7 Å².